The zero-order chi connectivity index (χ0) is 23.9. The van der Waals surface area contributed by atoms with E-state index in [2.05, 4.69) is 0 Å². The van der Waals surface area contributed by atoms with E-state index in [1.807, 2.05) is 36.1 Å². The number of fused-ring (bicyclic) bond motifs is 1. The topological polar surface area (TPSA) is 76.2 Å². The number of anilines is 1. The molecule has 2 amide bonds. The summed E-state index contributed by atoms with van der Waals surface area (Å²) in [6, 6.07) is 12.8. The lowest BCUT2D eigenvalue weighted by Gasteiger charge is -2.30. The maximum Gasteiger partial charge on any atom is 0.265 e. The molecule has 180 valence electrons. The molecule has 2 heterocycles. The molecule has 0 unspecified atom stereocenters. The second-order valence-corrected chi connectivity index (χ2v) is 8.73. The van der Waals surface area contributed by atoms with Gasteiger partial charge in [0.15, 0.2) is 19.0 Å². The van der Waals surface area contributed by atoms with Crippen LogP contribution in [0.3, 0.4) is 0 Å². The highest BCUT2D eigenvalue weighted by Gasteiger charge is 2.27. The van der Waals surface area contributed by atoms with Crippen molar-refractivity contribution in [2.75, 3.05) is 37.7 Å². The number of para-hydroxylation sites is 1. The number of amides is 2. The first-order valence-electron chi connectivity index (χ1n) is 12.2. The van der Waals surface area contributed by atoms with E-state index in [-0.39, 0.29) is 30.8 Å². The van der Waals surface area contributed by atoms with Crippen LogP contribution in [-0.2, 0) is 16.0 Å². The van der Waals surface area contributed by atoms with Crippen molar-refractivity contribution >= 4 is 23.3 Å². The number of likely N-dealkylation sites (tertiary alicyclic amines) is 1. The third kappa shape index (κ3) is 5.58. The number of piperidine rings is 1. The molecule has 7 nitrogen and oxygen atoms in total. The minimum Gasteiger partial charge on any atom is -0.485 e. The van der Waals surface area contributed by atoms with Crippen LogP contribution in [-0.4, -0.2) is 55.3 Å². The van der Waals surface area contributed by atoms with Crippen LogP contribution in [0.2, 0.25) is 0 Å². The number of carbonyl (C=O) groups is 3. The number of Topliss-reactive ketones (excluding diaryl/α,β-unsaturated/α-hetero) is 1. The summed E-state index contributed by atoms with van der Waals surface area (Å²) in [7, 11) is 0. The molecule has 0 aromatic heterocycles. The van der Waals surface area contributed by atoms with Gasteiger partial charge < -0.3 is 19.3 Å². The van der Waals surface area contributed by atoms with Gasteiger partial charge in [-0.25, -0.2) is 0 Å². The van der Waals surface area contributed by atoms with Gasteiger partial charge in [0.05, 0.1) is 5.69 Å². The van der Waals surface area contributed by atoms with E-state index >= 15 is 0 Å². The predicted molar refractivity (Wildman–Crippen MR) is 130 cm³/mol. The molecule has 1 saturated heterocycles. The van der Waals surface area contributed by atoms with E-state index in [9.17, 15) is 14.4 Å². The summed E-state index contributed by atoms with van der Waals surface area (Å²) in [4.78, 5) is 41.5. The summed E-state index contributed by atoms with van der Waals surface area (Å²) in [5.41, 5.74) is 2.08. The Morgan fingerprint density at radius 1 is 1.06 bits per heavy atom. The fourth-order valence-corrected chi connectivity index (χ4v) is 4.47. The molecule has 2 aromatic carbocycles. The Morgan fingerprint density at radius 3 is 2.65 bits per heavy atom. The van der Waals surface area contributed by atoms with Gasteiger partial charge in [-0.2, -0.15) is 0 Å². The number of hydrogen-bond acceptors (Lipinski definition) is 5. The molecular weight excluding hydrogens is 432 g/mol. The van der Waals surface area contributed by atoms with Crippen molar-refractivity contribution in [1.82, 2.24) is 4.90 Å². The summed E-state index contributed by atoms with van der Waals surface area (Å²) >= 11 is 0. The van der Waals surface area contributed by atoms with E-state index < -0.39 is 0 Å². The van der Waals surface area contributed by atoms with Crippen molar-refractivity contribution < 1.29 is 23.9 Å². The van der Waals surface area contributed by atoms with Crippen molar-refractivity contribution in [3.8, 4) is 11.5 Å². The number of ketones is 1. The molecule has 0 spiro atoms. The summed E-state index contributed by atoms with van der Waals surface area (Å²) in [5.74, 6) is 1.07. The van der Waals surface area contributed by atoms with Crippen LogP contribution in [0.1, 0.15) is 54.9 Å². The van der Waals surface area contributed by atoms with Gasteiger partial charge >= 0.3 is 0 Å². The maximum absolute atomic E-state index is 12.9. The van der Waals surface area contributed by atoms with Gasteiger partial charge in [0.2, 0.25) is 5.91 Å². The lowest BCUT2D eigenvalue weighted by Crippen LogP contribution is -2.40. The predicted octanol–water partition coefficient (Wildman–Crippen LogP) is 4.03. The minimum atomic E-state index is -0.174. The SMILES string of the molecule is CCc1ccccc1OCC(=O)c1ccc2c(c1)N(CCCC(=O)N1CCCCC1)C(=O)CO2. The summed E-state index contributed by atoms with van der Waals surface area (Å²) in [5, 5.41) is 0. The maximum atomic E-state index is 12.9. The summed E-state index contributed by atoms with van der Waals surface area (Å²) in [6.45, 7) is 3.97. The highest BCUT2D eigenvalue weighted by atomic mass is 16.5. The molecule has 2 aliphatic heterocycles. The fraction of sp³-hybridized carbons (Fsp3) is 0.444. The molecule has 0 radical (unpaired) electrons. The molecule has 34 heavy (non-hydrogen) atoms. The lowest BCUT2D eigenvalue weighted by atomic mass is 10.1. The van der Waals surface area contributed by atoms with E-state index in [4.69, 9.17) is 9.47 Å². The van der Waals surface area contributed by atoms with Crippen LogP contribution in [0.15, 0.2) is 42.5 Å². The molecule has 0 aliphatic carbocycles. The van der Waals surface area contributed by atoms with Gasteiger partial charge in [-0.1, -0.05) is 25.1 Å². The highest BCUT2D eigenvalue weighted by Crippen LogP contribution is 2.33. The third-order valence-electron chi connectivity index (χ3n) is 6.42. The molecule has 2 aromatic rings. The number of rotatable bonds is 9. The van der Waals surface area contributed by atoms with Crippen LogP contribution < -0.4 is 14.4 Å². The van der Waals surface area contributed by atoms with Crippen LogP contribution in [0, 0.1) is 0 Å². The quantitative estimate of drug-likeness (QED) is 0.524. The van der Waals surface area contributed by atoms with Gasteiger partial charge in [-0.3, -0.25) is 14.4 Å². The molecule has 0 N–H and O–H groups in total. The van der Waals surface area contributed by atoms with E-state index in [0.717, 1.165) is 37.9 Å². The van der Waals surface area contributed by atoms with E-state index in [0.29, 0.717) is 42.1 Å². The van der Waals surface area contributed by atoms with Gasteiger partial charge in [0, 0.05) is 31.6 Å². The van der Waals surface area contributed by atoms with Crippen LogP contribution >= 0.6 is 0 Å². The van der Waals surface area contributed by atoms with Crippen molar-refractivity contribution in [2.45, 2.75) is 45.4 Å². The Morgan fingerprint density at radius 2 is 1.85 bits per heavy atom. The molecule has 1 fully saturated rings. The number of hydrogen-bond donors (Lipinski definition) is 0. The molecule has 0 bridgehead atoms. The zero-order valence-electron chi connectivity index (χ0n) is 19.8. The van der Waals surface area contributed by atoms with Gasteiger partial charge in [-0.15, -0.1) is 0 Å². The second kappa shape index (κ2) is 11.2. The number of aryl methyl sites for hydroxylation is 1. The van der Waals surface area contributed by atoms with Gasteiger partial charge in [0.1, 0.15) is 11.5 Å². The number of benzene rings is 2. The average molecular weight is 465 g/mol. The Kier molecular flexibility index (Phi) is 7.83. The van der Waals surface area contributed by atoms with Crippen molar-refractivity contribution in [1.29, 1.82) is 0 Å². The standard InChI is InChI=1S/C27H32N2O5/c1-2-20-9-4-5-10-24(20)33-18-23(30)21-12-13-25-22(17-21)29(27(32)19-34-25)16-8-11-26(31)28-14-6-3-7-15-28/h4-5,9-10,12-13,17H,2-3,6-8,11,14-16,18-19H2,1H3. The molecular formula is C27H32N2O5. The zero-order valence-corrected chi connectivity index (χ0v) is 19.8. The smallest absolute Gasteiger partial charge is 0.265 e. The normalized spacial score (nSPS) is 15.5. The van der Waals surface area contributed by atoms with Crippen LogP contribution in [0.25, 0.3) is 0 Å². The summed E-state index contributed by atoms with van der Waals surface area (Å²) in [6.07, 6.45) is 5.09. The Labute approximate surface area is 200 Å². The first-order valence-corrected chi connectivity index (χ1v) is 12.2. The summed E-state index contributed by atoms with van der Waals surface area (Å²) < 4.78 is 11.4. The van der Waals surface area contributed by atoms with Gasteiger partial charge in [0.25, 0.3) is 5.91 Å². The largest absolute Gasteiger partial charge is 0.485 e. The first-order chi connectivity index (χ1) is 16.6. The van der Waals surface area contributed by atoms with Crippen molar-refractivity contribution in [3.05, 3.63) is 53.6 Å². The fourth-order valence-electron chi connectivity index (χ4n) is 4.47. The number of nitrogens with zero attached hydrogens (tertiary/aromatic N) is 2. The van der Waals surface area contributed by atoms with Crippen LogP contribution in [0.4, 0.5) is 5.69 Å². The van der Waals surface area contributed by atoms with E-state index in [1.165, 1.54) is 6.42 Å². The number of carbonyl (C=O) groups excluding carboxylic acids is 3. The average Bonchev–Trinajstić information content (AvgIpc) is 2.88. The number of ether oxygens (including phenoxy) is 2. The highest BCUT2D eigenvalue weighted by molar-refractivity contribution is 6.02. The molecule has 4 rings (SSSR count). The van der Waals surface area contributed by atoms with Crippen molar-refractivity contribution in [2.24, 2.45) is 0 Å². The molecule has 0 saturated carbocycles. The second-order valence-electron chi connectivity index (χ2n) is 8.73. The molecule has 2 aliphatic rings. The van der Waals surface area contributed by atoms with Crippen molar-refractivity contribution in [3.63, 3.8) is 0 Å². The Bertz CT molecular complexity index is 1050. The monoisotopic (exact) mass is 464 g/mol. The van der Waals surface area contributed by atoms with Gasteiger partial charge in [-0.05, 0) is 61.9 Å². The molecule has 0 atom stereocenters. The lowest BCUT2D eigenvalue weighted by molar-refractivity contribution is -0.132. The third-order valence-corrected chi connectivity index (χ3v) is 6.42. The Hall–Kier alpha value is -3.35. The Balaban J connectivity index is 1.40. The minimum absolute atomic E-state index is 0.0444. The van der Waals surface area contributed by atoms with E-state index in [1.54, 1.807) is 23.1 Å². The first kappa shape index (κ1) is 23.8. The van der Waals surface area contributed by atoms with Crippen LogP contribution in [0.5, 0.6) is 11.5 Å². The molecule has 7 heteroatoms.